The number of rotatable bonds is 5. The molecule has 0 bridgehead atoms. The van der Waals surface area contributed by atoms with Crippen LogP contribution in [0.15, 0.2) is 36.4 Å². The van der Waals surface area contributed by atoms with Gasteiger partial charge in [0.15, 0.2) is 0 Å². The minimum Gasteiger partial charge on any atom is -0.478 e. The van der Waals surface area contributed by atoms with Crippen molar-refractivity contribution in [1.29, 1.82) is 0 Å². The molecule has 0 amide bonds. The summed E-state index contributed by atoms with van der Waals surface area (Å²) < 4.78 is 0. The maximum atomic E-state index is 11.3. The Bertz CT molecular complexity index is 563. The summed E-state index contributed by atoms with van der Waals surface area (Å²) in [5.41, 5.74) is 1.60. The molecule has 2 rings (SSSR count). The summed E-state index contributed by atoms with van der Waals surface area (Å²) in [5.74, 6) is -0.856. The summed E-state index contributed by atoms with van der Waals surface area (Å²) >= 11 is 1.56. The lowest BCUT2D eigenvalue weighted by Gasteiger charge is -2.14. The number of thiophene rings is 1. The van der Waals surface area contributed by atoms with E-state index in [-0.39, 0.29) is 0 Å². The maximum Gasteiger partial charge on any atom is 0.338 e. The second-order valence-electron chi connectivity index (χ2n) is 4.41. The van der Waals surface area contributed by atoms with Crippen LogP contribution in [0.1, 0.15) is 27.7 Å². The summed E-state index contributed by atoms with van der Waals surface area (Å²) in [6.45, 7) is 2.81. The molecule has 0 radical (unpaired) electrons. The number of hydrogen-bond donors (Lipinski definition) is 1. The molecule has 0 unspecified atom stereocenters. The van der Waals surface area contributed by atoms with E-state index in [0.717, 1.165) is 22.8 Å². The van der Waals surface area contributed by atoms with Gasteiger partial charge in [-0.1, -0.05) is 30.3 Å². The van der Waals surface area contributed by atoms with Gasteiger partial charge in [0.1, 0.15) is 5.00 Å². The number of anilines is 1. The first-order chi connectivity index (χ1) is 9.11. The molecule has 19 heavy (non-hydrogen) atoms. The van der Waals surface area contributed by atoms with Gasteiger partial charge in [0.05, 0.1) is 5.56 Å². The summed E-state index contributed by atoms with van der Waals surface area (Å²) in [5, 5.41) is 10.1. The van der Waals surface area contributed by atoms with Crippen molar-refractivity contribution in [3.63, 3.8) is 0 Å². The normalized spacial score (nSPS) is 10.4. The molecule has 1 aromatic carbocycles. The highest BCUT2D eigenvalue weighted by Gasteiger charge is 2.17. The molecule has 0 aliphatic rings. The number of hydrogen-bond acceptors (Lipinski definition) is 3. The Kier molecular flexibility index (Phi) is 4.22. The molecule has 0 aliphatic heterocycles. The molecule has 1 aromatic heterocycles. The van der Waals surface area contributed by atoms with Gasteiger partial charge < -0.3 is 10.0 Å². The lowest BCUT2D eigenvalue weighted by atomic mass is 10.1. The van der Waals surface area contributed by atoms with E-state index in [1.165, 1.54) is 5.56 Å². The Hall–Kier alpha value is -1.81. The zero-order valence-corrected chi connectivity index (χ0v) is 11.9. The van der Waals surface area contributed by atoms with E-state index in [1.54, 1.807) is 17.4 Å². The average molecular weight is 275 g/mol. The van der Waals surface area contributed by atoms with E-state index >= 15 is 0 Å². The third-order valence-electron chi connectivity index (χ3n) is 3.04. The Morgan fingerprint density at radius 3 is 2.58 bits per heavy atom. The first kappa shape index (κ1) is 13.6. The van der Waals surface area contributed by atoms with Crippen molar-refractivity contribution in [2.24, 2.45) is 0 Å². The average Bonchev–Trinajstić information content (AvgIpc) is 2.83. The maximum absolute atomic E-state index is 11.3. The summed E-state index contributed by atoms with van der Waals surface area (Å²) in [7, 11) is 1.92. The van der Waals surface area contributed by atoms with Gasteiger partial charge >= 0.3 is 5.97 Å². The quantitative estimate of drug-likeness (QED) is 0.908. The molecule has 2 aromatic rings. The van der Waals surface area contributed by atoms with Gasteiger partial charge in [-0.2, -0.15) is 0 Å². The van der Waals surface area contributed by atoms with Crippen LogP contribution in [0, 0.1) is 0 Å². The molecule has 4 heteroatoms. The molecule has 0 atom stereocenters. The molecule has 0 fully saturated rings. The monoisotopic (exact) mass is 275 g/mol. The van der Waals surface area contributed by atoms with Crippen molar-refractivity contribution in [2.75, 3.05) is 18.5 Å². The predicted molar refractivity (Wildman–Crippen MR) is 79.5 cm³/mol. The SMILES string of the molecule is CCN(C)c1sc(Cc2ccccc2)cc1C(=O)O. The second kappa shape index (κ2) is 5.89. The molecule has 0 saturated heterocycles. The van der Waals surface area contributed by atoms with Crippen molar-refractivity contribution < 1.29 is 9.90 Å². The summed E-state index contributed by atoms with van der Waals surface area (Å²) in [6, 6.07) is 11.9. The number of aromatic carboxylic acids is 1. The van der Waals surface area contributed by atoms with Crippen LogP contribution >= 0.6 is 11.3 Å². The van der Waals surface area contributed by atoms with Gasteiger partial charge in [-0.25, -0.2) is 4.79 Å². The van der Waals surface area contributed by atoms with Crippen LogP contribution in [-0.2, 0) is 6.42 Å². The molecule has 0 saturated carbocycles. The third-order valence-corrected chi connectivity index (χ3v) is 4.29. The highest BCUT2D eigenvalue weighted by Crippen LogP contribution is 2.32. The van der Waals surface area contributed by atoms with E-state index in [2.05, 4.69) is 12.1 Å². The molecule has 100 valence electrons. The number of nitrogens with zero attached hydrogens (tertiary/aromatic N) is 1. The summed E-state index contributed by atoms with van der Waals surface area (Å²) in [6.07, 6.45) is 0.781. The van der Waals surface area contributed by atoms with Crippen LogP contribution < -0.4 is 4.90 Å². The largest absolute Gasteiger partial charge is 0.478 e. The number of carboxylic acids is 1. The minimum absolute atomic E-state index is 0.403. The lowest BCUT2D eigenvalue weighted by molar-refractivity contribution is 0.0698. The standard InChI is InChI=1S/C15H17NO2S/c1-3-16(2)14-13(15(17)18)10-12(19-14)9-11-7-5-4-6-8-11/h4-8,10H,3,9H2,1-2H3,(H,17,18). The molecular formula is C15H17NO2S. The van der Waals surface area contributed by atoms with E-state index in [1.807, 2.05) is 37.1 Å². The van der Waals surface area contributed by atoms with Gasteiger partial charge in [-0.05, 0) is 18.6 Å². The van der Waals surface area contributed by atoms with Crippen molar-refractivity contribution in [1.82, 2.24) is 0 Å². The van der Waals surface area contributed by atoms with E-state index in [9.17, 15) is 9.90 Å². The predicted octanol–water partition coefficient (Wildman–Crippen LogP) is 3.49. The van der Waals surface area contributed by atoms with Crippen LogP contribution in [0.4, 0.5) is 5.00 Å². The molecule has 0 spiro atoms. The number of carbonyl (C=O) groups is 1. The zero-order valence-electron chi connectivity index (χ0n) is 11.1. The van der Waals surface area contributed by atoms with Crippen LogP contribution in [0.2, 0.25) is 0 Å². The zero-order chi connectivity index (χ0) is 13.8. The van der Waals surface area contributed by atoms with E-state index < -0.39 is 5.97 Å². The first-order valence-corrected chi connectivity index (χ1v) is 7.04. The fourth-order valence-electron chi connectivity index (χ4n) is 1.90. The minimum atomic E-state index is -0.856. The second-order valence-corrected chi connectivity index (χ2v) is 5.53. The van der Waals surface area contributed by atoms with Gasteiger partial charge in [0.25, 0.3) is 0 Å². The van der Waals surface area contributed by atoms with Crippen molar-refractivity contribution >= 4 is 22.3 Å². The molecule has 0 aliphatic carbocycles. The van der Waals surface area contributed by atoms with E-state index in [4.69, 9.17) is 0 Å². The Morgan fingerprint density at radius 1 is 1.32 bits per heavy atom. The van der Waals surface area contributed by atoms with Gasteiger partial charge in [0, 0.05) is 24.9 Å². The highest BCUT2D eigenvalue weighted by atomic mass is 32.1. The third kappa shape index (κ3) is 3.15. The molecule has 1 heterocycles. The Balaban J connectivity index is 2.30. The van der Waals surface area contributed by atoms with Crippen molar-refractivity contribution in [3.8, 4) is 0 Å². The van der Waals surface area contributed by atoms with Crippen molar-refractivity contribution in [3.05, 3.63) is 52.4 Å². The van der Waals surface area contributed by atoms with Gasteiger partial charge in [-0.15, -0.1) is 11.3 Å². The van der Waals surface area contributed by atoms with Crippen LogP contribution in [0.3, 0.4) is 0 Å². The van der Waals surface area contributed by atoms with Crippen LogP contribution in [-0.4, -0.2) is 24.7 Å². The first-order valence-electron chi connectivity index (χ1n) is 6.23. The topological polar surface area (TPSA) is 40.5 Å². The number of carboxylic acid groups (broad SMARTS) is 1. The molecular weight excluding hydrogens is 258 g/mol. The lowest BCUT2D eigenvalue weighted by Crippen LogP contribution is -2.16. The fraction of sp³-hybridized carbons (Fsp3) is 0.267. The Morgan fingerprint density at radius 2 is 2.00 bits per heavy atom. The van der Waals surface area contributed by atoms with E-state index in [0.29, 0.717) is 5.56 Å². The van der Waals surface area contributed by atoms with Crippen LogP contribution in [0.5, 0.6) is 0 Å². The van der Waals surface area contributed by atoms with Crippen LogP contribution in [0.25, 0.3) is 0 Å². The smallest absolute Gasteiger partial charge is 0.338 e. The summed E-state index contributed by atoms with van der Waals surface area (Å²) in [4.78, 5) is 14.3. The Labute approximate surface area is 117 Å². The molecule has 3 nitrogen and oxygen atoms in total. The van der Waals surface area contributed by atoms with Crippen molar-refractivity contribution in [2.45, 2.75) is 13.3 Å². The fourth-order valence-corrected chi connectivity index (χ4v) is 3.10. The molecule has 1 N–H and O–H groups in total. The number of benzene rings is 1. The van der Waals surface area contributed by atoms with Gasteiger partial charge in [-0.3, -0.25) is 0 Å². The highest BCUT2D eigenvalue weighted by molar-refractivity contribution is 7.16. The van der Waals surface area contributed by atoms with Gasteiger partial charge in [0.2, 0.25) is 0 Å².